The molecule has 0 aromatic rings. The van der Waals surface area contributed by atoms with Crippen molar-refractivity contribution in [1.29, 1.82) is 0 Å². The molecule has 0 aromatic carbocycles. The van der Waals surface area contributed by atoms with Crippen LogP contribution in [0.3, 0.4) is 0 Å². The largest absolute Gasteiger partial charge is 0.363 e. The van der Waals surface area contributed by atoms with Crippen molar-refractivity contribution in [1.82, 2.24) is 9.21 Å². The smallest absolute Gasteiger partial charge is 0.253 e. The molecule has 0 aromatic heterocycles. The number of rotatable bonds is 6. The summed E-state index contributed by atoms with van der Waals surface area (Å²) >= 11 is 0. The van der Waals surface area contributed by atoms with Gasteiger partial charge >= 0.3 is 0 Å². The van der Waals surface area contributed by atoms with Gasteiger partial charge in [-0.25, -0.2) is 8.42 Å². The standard InChI is InChI=1S/C18H36N2O4S/c1-14(17(2,3)4)24-15(16(21)19-11-9-10-12-19)13-20(18(5,6)7)25(8,22)23/h14-15H,9-13H2,1-8H3. The van der Waals surface area contributed by atoms with Gasteiger partial charge < -0.3 is 9.64 Å². The van der Waals surface area contributed by atoms with Gasteiger partial charge in [0.1, 0.15) is 0 Å². The van der Waals surface area contributed by atoms with E-state index in [2.05, 4.69) is 0 Å². The van der Waals surface area contributed by atoms with Crippen molar-refractivity contribution in [3.63, 3.8) is 0 Å². The number of amides is 1. The summed E-state index contributed by atoms with van der Waals surface area (Å²) in [4.78, 5) is 14.8. The van der Waals surface area contributed by atoms with Crippen LogP contribution in [0.5, 0.6) is 0 Å². The highest BCUT2D eigenvalue weighted by molar-refractivity contribution is 7.88. The highest BCUT2D eigenvalue weighted by atomic mass is 32.2. The lowest BCUT2D eigenvalue weighted by Gasteiger charge is -2.38. The number of hydrogen-bond acceptors (Lipinski definition) is 4. The Kier molecular flexibility index (Phi) is 7.09. The Morgan fingerprint density at radius 2 is 1.60 bits per heavy atom. The quantitative estimate of drug-likeness (QED) is 0.714. The zero-order valence-electron chi connectivity index (χ0n) is 17.1. The third-order valence-corrected chi connectivity index (χ3v) is 6.26. The van der Waals surface area contributed by atoms with Gasteiger partial charge in [-0.2, -0.15) is 4.31 Å². The van der Waals surface area contributed by atoms with Crippen LogP contribution in [-0.4, -0.2) is 67.2 Å². The number of hydrogen-bond donors (Lipinski definition) is 0. The topological polar surface area (TPSA) is 66.9 Å². The first kappa shape index (κ1) is 22.4. The molecule has 0 N–H and O–H groups in total. The van der Waals surface area contributed by atoms with E-state index in [-0.39, 0.29) is 24.0 Å². The van der Waals surface area contributed by atoms with E-state index >= 15 is 0 Å². The highest BCUT2D eigenvalue weighted by Gasteiger charge is 2.38. The van der Waals surface area contributed by atoms with Gasteiger partial charge in [0.25, 0.3) is 5.91 Å². The van der Waals surface area contributed by atoms with Gasteiger partial charge in [-0.05, 0) is 46.0 Å². The Labute approximate surface area is 153 Å². The number of carbonyl (C=O) groups excluding carboxylic acids is 1. The van der Waals surface area contributed by atoms with Crippen LogP contribution in [0, 0.1) is 5.41 Å². The molecule has 1 aliphatic rings. The average Bonchev–Trinajstić information content (AvgIpc) is 2.92. The molecule has 0 aliphatic carbocycles. The monoisotopic (exact) mass is 376 g/mol. The molecule has 6 nitrogen and oxygen atoms in total. The number of carbonyl (C=O) groups is 1. The second kappa shape index (κ2) is 7.92. The van der Waals surface area contributed by atoms with Crippen molar-refractivity contribution in [2.75, 3.05) is 25.9 Å². The minimum atomic E-state index is -3.46. The highest BCUT2D eigenvalue weighted by Crippen LogP contribution is 2.26. The van der Waals surface area contributed by atoms with Gasteiger partial charge in [-0.1, -0.05) is 20.8 Å². The maximum Gasteiger partial charge on any atom is 0.253 e. The Balaban J connectivity index is 3.09. The van der Waals surface area contributed by atoms with Crippen LogP contribution in [0.15, 0.2) is 0 Å². The number of likely N-dealkylation sites (tertiary alicyclic amines) is 1. The van der Waals surface area contributed by atoms with Crippen LogP contribution in [0.1, 0.15) is 61.3 Å². The van der Waals surface area contributed by atoms with Gasteiger partial charge in [0.2, 0.25) is 10.0 Å². The van der Waals surface area contributed by atoms with E-state index in [0.29, 0.717) is 0 Å². The molecule has 0 saturated carbocycles. The van der Waals surface area contributed by atoms with Crippen LogP contribution in [0.2, 0.25) is 0 Å². The molecule has 0 radical (unpaired) electrons. The summed E-state index contributed by atoms with van der Waals surface area (Å²) in [6.45, 7) is 15.1. The molecule has 1 amide bonds. The van der Waals surface area contributed by atoms with Crippen molar-refractivity contribution < 1.29 is 17.9 Å². The molecule has 1 heterocycles. The first-order valence-corrected chi connectivity index (χ1v) is 10.9. The predicted octanol–water partition coefficient (Wildman–Crippen LogP) is 2.49. The van der Waals surface area contributed by atoms with Crippen molar-refractivity contribution in [3.8, 4) is 0 Å². The lowest BCUT2D eigenvalue weighted by Crippen LogP contribution is -2.54. The molecule has 148 valence electrons. The van der Waals surface area contributed by atoms with E-state index in [1.54, 1.807) is 4.90 Å². The first-order valence-electron chi connectivity index (χ1n) is 9.06. The van der Waals surface area contributed by atoms with Crippen molar-refractivity contribution >= 4 is 15.9 Å². The predicted molar refractivity (Wildman–Crippen MR) is 101 cm³/mol. The second-order valence-corrected chi connectivity index (χ2v) is 11.0. The van der Waals surface area contributed by atoms with Gasteiger partial charge in [0, 0.05) is 25.2 Å². The average molecular weight is 377 g/mol. The fourth-order valence-corrected chi connectivity index (χ4v) is 4.23. The molecule has 1 rings (SSSR count). The first-order chi connectivity index (χ1) is 11.1. The van der Waals surface area contributed by atoms with Crippen LogP contribution >= 0.6 is 0 Å². The van der Waals surface area contributed by atoms with Gasteiger partial charge in [0.05, 0.1) is 12.4 Å². The summed E-state index contributed by atoms with van der Waals surface area (Å²) in [6, 6.07) is 0. The van der Waals surface area contributed by atoms with E-state index in [4.69, 9.17) is 4.74 Å². The third-order valence-electron chi connectivity index (χ3n) is 4.76. The fourth-order valence-electron chi connectivity index (χ4n) is 2.83. The summed E-state index contributed by atoms with van der Waals surface area (Å²) in [6.07, 6.45) is 2.19. The summed E-state index contributed by atoms with van der Waals surface area (Å²) in [7, 11) is -3.46. The normalized spacial score (nSPS) is 19.3. The van der Waals surface area contributed by atoms with Crippen LogP contribution in [0.25, 0.3) is 0 Å². The maximum atomic E-state index is 13.0. The van der Waals surface area contributed by atoms with Crippen LogP contribution < -0.4 is 0 Å². The molecule has 1 fully saturated rings. The van der Waals surface area contributed by atoms with Gasteiger partial charge in [0.15, 0.2) is 6.10 Å². The van der Waals surface area contributed by atoms with Crippen molar-refractivity contribution in [3.05, 3.63) is 0 Å². The summed E-state index contributed by atoms with van der Waals surface area (Å²) in [5, 5.41) is 0. The summed E-state index contributed by atoms with van der Waals surface area (Å²) in [5.41, 5.74) is -0.757. The van der Waals surface area contributed by atoms with Crippen molar-refractivity contribution in [2.45, 2.75) is 79.1 Å². The molecule has 25 heavy (non-hydrogen) atoms. The SMILES string of the molecule is CC(OC(CN(C(C)(C)C)S(C)(=O)=O)C(=O)N1CCCC1)C(C)(C)C. The summed E-state index contributed by atoms with van der Waals surface area (Å²) < 4.78 is 32.1. The van der Waals surface area contributed by atoms with E-state index in [1.807, 2.05) is 48.5 Å². The van der Waals surface area contributed by atoms with E-state index < -0.39 is 21.7 Å². The molecular formula is C18H36N2O4S. The van der Waals surface area contributed by atoms with Crippen molar-refractivity contribution in [2.24, 2.45) is 5.41 Å². The Bertz CT molecular complexity index is 555. The minimum Gasteiger partial charge on any atom is -0.363 e. The van der Waals surface area contributed by atoms with Gasteiger partial charge in [-0.15, -0.1) is 0 Å². The van der Waals surface area contributed by atoms with Gasteiger partial charge in [-0.3, -0.25) is 4.79 Å². The second-order valence-electron chi connectivity index (χ2n) is 9.13. The van der Waals surface area contributed by atoms with Crippen LogP contribution in [0.4, 0.5) is 0 Å². The summed E-state index contributed by atoms with van der Waals surface area (Å²) in [5.74, 6) is -0.105. The molecule has 0 bridgehead atoms. The molecule has 1 aliphatic heterocycles. The third kappa shape index (κ3) is 6.53. The Morgan fingerprint density at radius 3 is 1.96 bits per heavy atom. The molecule has 1 saturated heterocycles. The lowest BCUT2D eigenvalue weighted by atomic mass is 9.90. The number of sulfonamides is 1. The van der Waals surface area contributed by atoms with Crippen LogP contribution in [-0.2, 0) is 19.6 Å². The lowest BCUT2D eigenvalue weighted by molar-refractivity contribution is -0.151. The zero-order valence-corrected chi connectivity index (χ0v) is 17.9. The Hall–Kier alpha value is -0.660. The molecular weight excluding hydrogens is 340 g/mol. The van der Waals surface area contributed by atoms with E-state index in [1.165, 1.54) is 10.6 Å². The molecule has 2 unspecified atom stereocenters. The van der Waals surface area contributed by atoms with E-state index in [9.17, 15) is 13.2 Å². The molecule has 7 heteroatoms. The molecule has 2 atom stereocenters. The van der Waals surface area contributed by atoms with E-state index in [0.717, 1.165) is 25.9 Å². The maximum absolute atomic E-state index is 13.0. The molecule has 0 spiro atoms. The zero-order chi connectivity index (χ0) is 19.6. The minimum absolute atomic E-state index is 0.0398. The number of nitrogens with zero attached hydrogens (tertiary/aromatic N) is 2. The fraction of sp³-hybridized carbons (Fsp3) is 0.944. The number of ether oxygens (including phenoxy) is 1. The Morgan fingerprint density at radius 1 is 1.12 bits per heavy atom.